The van der Waals surface area contributed by atoms with Gasteiger partial charge in [0.1, 0.15) is 22.7 Å². The smallest absolute Gasteiger partial charge is 0.339 e. The number of phenols is 2. The topological polar surface area (TPSA) is 147 Å². The van der Waals surface area contributed by atoms with Crippen LogP contribution in [0.25, 0.3) is 0 Å². The molecule has 0 unspecified atom stereocenters. The van der Waals surface area contributed by atoms with E-state index in [0.717, 1.165) is 12.1 Å². The molecule has 0 aliphatic carbocycles. The summed E-state index contributed by atoms with van der Waals surface area (Å²) in [4.78, 5) is 14.5. The molecule has 0 spiro atoms. The standard InChI is InChI=1S/C9H7N5O4S/c15-5-2-6(16)4(1-3(5)7(17)18)11-12-8-10-9(19)14-13-8/h1-2,15-16H,(H,17,18)(H2,10,13,14,19). The number of hydrogen-bond donors (Lipinski definition) is 5. The van der Waals surface area contributed by atoms with E-state index >= 15 is 0 Å². The van der Waals surface area contributed by atoms with Gasteiger partial charge in [0.2, 0.25) is 4.77 Å². The highest BCUT2D eigenvalue weighted by atomic mass is 32.1. The highest BCUT2D eigenvalue weighted by molar-refractivity contribution is 7.71. The molecule has 0 aliphatic heterocycles. The van der Waals surface area contributed by atoms with E-state index in [1.165, 1.54) is 0 Å². The minimum absolute atomic E-state index is 0.0642. The molecule has 0 saturated heterocycles. The average molecular weight is 281 g/mol. The number of carbonyl (C=O) groups is 1. The van der Waals surface area contributed by atoms with E-state index in [-0.39, 0.29) is 16.4 Å². The van der Waals surface area contributed by atoms with Gasteiger partial charge in [0.15, 0.2) is 0 Å². The summed E-state index contributed by atoms with van der Waals surface area (Å²) in [5.41, 5.74) is -0.528. The molecule has 5 N–H and O–H groups in total. The largest absolute Gasteiger partial charge is 0.507 e. The number of hydrogen-bond acceptors (Lipinski definition) is 7. The Morgan fingerprint density at radius 2 is 1.95 bits per heavy atom. The molecule has 9 nitrogen and oxygen atoms in total. The number of aromatic amines is 2. The summed E-state index contributed by atoms with van der Waals surface area (Å²) in [7, 11) is 0. The first-order valence-corrected chi connectivity index (χ1v) is 5.24. The number of rotatable bonds is 3. The second-order valence-electron chi connectivity index (χ2n) is 3.35. The van der Waals surface area contributed by atoms with Crippen LogP contribution in [0.2, 0.25) is 0 Å². The lowest BCUT2D eigenvalue weighted by Gasteiger charge is -2.02. The van der Waals surface area contributed by atoms with Crippen molar-refractivity contribution in [3.05, 3.63) is 22.5 Å². The summed E-state index contributed by atoms with van der Waals surface area (Å²) in [5.74, 6) is -2.27. The lowest BCUT2D eigenvalue weighted by atomic mass is 10.1. The predicted octanol–water partition coefficient (Wildman–Crippen LogP) is 1.99. The van der Waals surface area contributed by atoms with Crippen molar-refractivity contribution >= 4 is 29.8 Å². The molecule has 1 heterocycles. The normalized spacial score (nSPS) is 10.9. The number of carboxylic acids is 1. The van der Waals surface area contributed by atoms with Gasteiger partial charge in [0.05, 0.1) is 0 Å². The van der Waals surface area contributed by atoms with Crippen LogP contribution in [-0.4, -0.2) is 36.5 Å². The van der Waals surface area contributed by atoms with E-state index in [9.17, 15) is 15.0 Å². The van der Waals surface area contributed by atoms with Gasteiger partial charge in [-0.15, -0.1) is 10.2 Å². The number of nitrogens with zero attached hydrogens (tertiary/aromatic N) is 3. The van der Waals surface area contributed by atoms with Crippen molar-refractivity contribution in [2.45, 2.75) is 0 Å². The minimum Gasteiger partial charge on any atom is -0.507 e. The summed E-state index contributed by atoms with van der Waals surface area (Å²) in [6, 6.07) is 1.85. The fourth-order valence-corrected chi connectivity index (χ4v) is 1.36. The van der Waals surface area contributed by atoms with Gasteiger partial charge >= 0.3 is 5.97 Å². The lowest BCUT2D eigenvalue weighted by molar-refractivity contribution is 0.0694. The maximum atomic E-state index is 10.8. The van der Waals surface area contributed by atoms with Gasteiger partial charge in [-0.05, 0) is 18.3 Å². The number of aromatic carboxylic acids is 1. The van der Waals surface area contributed by atoms with Crippen LogP contribution in [0.5, 0.6) is 11.5 Å². The van der Waals surface area contributed by atoms with E-state index in [2.05, 4.69) is 25.4 Å². The summed E-state index contributed by atoms with van der Waals surface area (Å²) in [6.07, 6.45) is 0. The molecule has 0 bridgehead atoms. The van der Waals surface area contributed by atoms with Gasteiger partial charge in [-0.3, -0.25) is 10.2 Å². The molecule has 10 heteroatoms. The molecular weight excluding hydrogens is 274 g/mol. The van der Waals surface area contributed by atoms with E-state index in [1.54, 1.807) is 0 Å². The highest BCUT2D eigenvalue weighted by Gasteiger charge is 2.14. The quantitative estimate of drug-likeness (QED) is 0.429. The SMILES string of the molecule is O=C(O)c1cc(N=Nc2nc(=S)[nH][nH]2)c(O)cc1O. The Balaban J connectivity index is 2.39. The molecule has 0 fully saturated rings. The van der Waals surface area contributed by atoms with Crippen molar-refractivity contribution in [2.24, 2.45) is 10.2 Å². The zero-order valence-corrected chi connectivity index (χ0v) is 9.97. The monoisotopic (exact) mass is 281 g/mol. The number of phenolic OH excluding ortho intramolecular Hbond substituents is 1. The third kappa shape index (κ3) is 2.74. The Morgan fingerprint density at radius 3 is 2.53 bits per heavy atom. The van der Waals surface area contributed by atoms with Crippen LogP contribution in [-0.2, 0) is 0 Å². The van der Waals surface area contributed by atoms with E-state index < -0.39 is 23.0 Å². The molecular formula is C9H7N5O4S. The first-order chi connectivity index (χ1) is 8.97. The van der Waals surface area contributed by atoms with Crippen molar-refractivity contribution in [3.8, 4) is 11.5 Å². The lowest BCUT2D eigenvalue weighted by Crippen LogP contribution is -1.96. The maximum Gasteiger partial charge on any atom is 0.339 e. The molecule has 0 aliphatic rings. The third-order valence-corrected chi connectivity index (χ3v) is 2.26. The van der Waals surface area contributed by atoms with Crippen molar-refractivity contribution in [2.75, 3.05) is 0 Å². The van der Waals surface area contributed by atoms with Gasteiger partial charge in [-0.25, -0.2) is 4.79 Å². The number of azo groups is 1. The zero-order chi connectivity index (χ0) is 14.0. The van der Waals surface area contributed by atoms with Crippen LogP contribution in [0.4, 0.5) is 11.6 Å². The fraction of sp³-hybridized carbons (Fsp3) is 0. The fourth-order valence-electron chi connectivity index (χ4n) is 1.23. The number of H-pyrrole nitrogens is 2. The van der Waals surface area contributed by atoms with Gasteiger partial charge in [0, 0.05) is 6.07 Å². The Kier molecular flexibility index (Phi) is 3.25. The van der Waals surface area contributed by atoms with Crippen LogP contribution in [0, 0.1) is 4.77 Å². The van der Waals surface area contributed by atoms with Gasteiger partial charge in [-0.2, -0.15) is 4.98 Å². The first-order valence-electron chi connectivity index (χ1n) is 4.83. The van der Waals surface area contributed by atoms with E-state index in [1.807, 2.05) is 0 Å². The van der Waals surface area contributed by atoms with Crippen LogP contribution in [0.3, 0.4) is 0 Å². The highest BCUT2D eigenvalue weighted by Crippen LogP contribution is 2.34. The average Bonchev–Trinajstić information content (AvgIpc) is 2.73. The number of benzene rings is 1. The van der Waals surface area contributed by atoms with Gasteiger partial charge in [0.25, 0.3) is 5.95 Å². The Bertz CT molecular complexity index is 720. The predicted molar refractivity (Wildman–Crippen MR) is 64.7 cm³/mol. The molecule has 0 amide bonds. The second kappa shape index (κ2) is 4.86. The zero-order valence-electron chi connectivity index (χ0n) is 9.15. The van der Waals surface area contributed by atoms with Gasteiger partial charge < -0.3 is 15.3 Å². The summed E-state index contributed by atoms with van der Waals surface area (Å²) in [6.45, 7) is 0. The Hall–Kier alpha value is -2.75. The molecule has 2 aromatic rings. The number of aromatic hydroxyl groups is 2. The first kappa shape index (κ1) is 12.7. The minimum atomic E-state index is -1.35. The summed E-state index contributed by atoms with van der Waals surface area (Å²) in [5, 5.41) is 39.9. The number of carboxylic acid groups (broad SMARTS) is 1. The van der Waals surface area contributed by atoms with Crippen molar-refractivity contribution < 1.29 is 20.1 Å². The maximum absolute atomic E-state index is 10.8. The molecule has 1 aromatic heterocycles. The van der Waals surface area contributed by atoms with Crippen LogP contribution >= 0.6 is 12.2 Å². The number of nitrogens with one attached hydrogen (secondary N) is 2. The van der Waals surface area contributed by atoms with Crippen LogP contribution in [0.1, 0.15) is 10.4 Å². The second-order valence-corrected chi connectivity index (χ2v) is 3.74. The van der Waals surface area contributed by atoms with Crippen molar-refractivity contribution in [3.63, 3.8) is 0 Å². The summed E-state index contributed by atoms with van der Waals surface area (Å²) >= 11 is 4.70. The molecule has 19 heavy (non-hydrogen) atoms. The molecule has 0 atom stereocenters. The van der Waals surface area contributed by atoms with Crippen molar-refractivity contribution in [1.82, 2.24) is 15.2 Å². The molecule has 2 rings (SSSR count). The Labute approximate surface area is 110 Å². The molecule has 1 aromatic carbocycles. The third-order valence-electron chi connectivity index (χ3n) is 2.06. The Morgan fingerprint density at radius 1 is 1.21 bits per heavy atom. The van der Waals surface area contributed by atoms with Crippen LogP contribution < -0.4 is 0 Å². The molecule has 0 radical (unpaired) electrons. The molecule has 0 saturated carbocycles. The number of aromatic nitrogens is 3. The van der Waals surface area contributed by atoms with Crippen LogP contribution in [0.15, 0.2) is 22.4 Å². The van der Waals surface area contributed by atoms with E-state index in [4.69, 9.17) is 17.3 Å². The molecule has 98 valence electrons. The van der Waals surface area contributed by atoms with Gasteiger partial charge in [-0.1, -0.05) is 0 Å². The van der Waals surface area contributed by atoms with Crippen molar-refractivity contribution in [1.29, 1.82) is 0 Å². The summed E-state index contributed by atoms with van der Waals surface area (Å²) < 4.78 is 0.176. The van der Waals surface area contributed by atoms with E-state index in [0.29, 0.717) is 0 Å².